The monoisotopic (exact) mass is 442 g/mol. The van der Waals surface area contributed by atoms with Crippen molar-refractivity contribution >= 4 is 25.1 Å². The zero-order valence-corrected chi connectivity index (χ0v) is 21.3. The SMILES string of the molecule is CC(C)(C)[Si](C)(C)OCCCCCCCCCc1ccc2ccc(CC(=O)O)cc2c1. The number of hydrogen-bond donors (Lipinski definition) is 1. The van der Waals surface area contributed by atoms with Crippen molar-refractivity contribution < 1.29 is 14.3 Å². The van der Waals surface area contributed by atoms with Gasteiger partial charge in [0.05, 0.1) is 6.42 Å². The maximum Gasteiger partial charge on any atom is 0.307 e. The van der Waals surface area contributed by atoms with Gasteiger partial charge in [0, 0.05) is 6.61 Å². The molecule has 0 saturated heterocycles. The van der Waals surface area contributed by atoms with E-state index in [-0.39, 0.29) is 6.42 Å². The van der Waals surface area contributed by atoms with E-state index < -0.39 is 14.3 Å². The highest BCUT2D eigenvalue weighted by Gasteiger charge is 2.36. The minimum Gasteiger partial charge on any atom is -0.481 e. The molecular weight excluding hydrogens is 400 g/mol. The van der Waals surface area contributed by atoms with Crippen LogP contribution in [0.1, 0.15) is 76.8 Å². The summed E-state index contributed by atoms with van der Waals surface area (Å²) in [5, 5.41) is 11.6. The first-order valence-corrected chi connectivity index (χ1v) is 14.9. The van der Waals surface area contributed by atoms with Crippen LogP contribution in [0.5, 0.6) is 0 Å². The van der Waals surface area contributed by atoms with E-state index in [9.17, 15) is 4.79 Å². The fourth-order valence-corrected chi connectivity index (χ4v) is 4.73. The number of benzene rings is 2. The standard InChI is InChI=1S/C27H42O3Si/c1-27(2,3)31(4,5)30-18-12-10-8-6-7-9-11-13-22-14-16-24-17-15-23(21-26(28)29)20-25(24)19-22/h14-17,19-20H,6-13,18,21H2,1-5H3,(H,28,29). The summed E-state index contributed by atoms with van der Waals surface area (Å²) in [5.41, 5.74) is 2.22. The molecule has 0 radical (unpaired) electrons. The van der Waals surface area contributed by atoms with Crippen molar-refractivity contribution in [2.75, 3.05) is 6.61 Å². The van der Waals surface area contributed by atoms with E-state index in [4.69, 9.17) is 9.53 Å². The molecule has 0 aliphatic rings. The van der Waals surface area contributed by atoms with Gasteiger partial charge in [-0.2, -0.15) is 0 Å². The number of fused-ring (bicyclic) bond motifs is 1. The molecular formula is C27H42O3Si. The first-order valence-electron chi connectivity index (χ1n) is 12.0. The summed E-state index contributed by atoms with van der Waals surface area (Å²) in [6, 6.07) is 12.5. The summed E-state index contributed by atoms with van der Waals surface area (Å²) in [5.74, 6) is -0.779. The van der Waals surface area contributed by atoms with Crippen molar-refractivity contribution in [1.29, 1.82) is 0 Å². The molecule has 0 saturated carbocycles. The zero-order valence-electron chi connectivity index (χ0n) is 20.3. The van der Waals surface area contributed by atoms with Crippen LogP contribution in [0, 0.1) is 0 Å². The molecule has 0 aliphatic heterocycles. The Labute approximate surface area is 190 Å². The first-order chi connectivity index (χ1) is 14.6. The zero-order chi connectivity index (χ0) is 22.9. The minimum absolute atomic E-state index is 0.0859. The molecule has 0 aromatic heterocycles. The van der Waals surface area contributed by atoms with E-state index in [2.05, 4.69) is 52.1 Å². The number of aliphatic carboxylic acids is 1. The van der Waals surface area contributed by atoms with Crippen LogP contribution in [0.2, 0.25) is 18.1 Å². The van der Waals surface area contributed by atoms with Gasteiger partial charge in [0.25, 0.3) is 0 Å². The lowest BCUT2D eigenvalue weighted by atomic mass is 9.99. The van der Waals surface area contributed by atoms with E-state index >= 15 is 0 Å². The molecule has 0 atom stereocenters. The highest BCUT2D eigenvalue weighted by molar-refractivity contribution is 6.74. The number of rotatable bonds is 13. The van der Waals surface area contributed by atoms with E-state index in [1.165, 1.54) is 55.9 Å². The van der Waals surface area contributed by atoms with Crippen LogP contribution in [0.25, 0.3) is 10.8 Å². The summed E-state index contributed by atoms with van der Waals surface area (Å²) < 4.78 is 6.25. The number of unbranched alkanes of at least 4 members (excludes halogenated alkanes) is 6. The predicted molar refractivity (Wildman–Crippen MR) is 134 cm³/mol. The average molecular weight is 443 g/mol. The van der Waals surface area contributed by atoms with Gasteiger partial charge in [0.15, 0.2) is 8.32 Å². The van der Waals surface area contributed by atoms with Gasteiger partial charge in [0.2, 0.25) is 0 Å². The van der Waals surface area contributed by atoms with Crippen molar-refractivity contribution in [3.05, 3.63) is 47.5 Å². The topological polar surface area (TPSA) is 46.5 Å². The van der Waals surface area contributed by atoms with Crippen molar-refractivity contribution in [1.82, 2.24) is 0 Å². The van der Waals surface area contributed by atoms with Crippen LogP contribution in [0.15, 0.2) is 36.4 Å². The summed E-state index contributed by atoms with van der Waals surface area (Å²) in [6.45, 7) is 12.5. The second-order valence-corrected chi connectivity index (χ2v) is 15.2. The molecule has 0 fully saturated rings. The molecule has 1 N–H and O–H groups in total. The lowest BCUT2D eigenvalue weighted by Crippen LogP contribution is -2.40. The fraction of sp³-hybridized carbons (Fsp3) is 0.593. The Balaban J connectivity index is 1.60. The molecule has 2 rings (SSSR count). The van der Waals surface area contributed by atoms with Crippen molar-refractivity contribution in [2.45, 2.75) is 96.7 Å². The largest absolute Gasteiger partial charge is 0.481 e. The van der Waals surface area contributed by atoms with Crippen LogP contribution in [-0.4, -0.2) is 26.0 Å². The van der Waals surface area contributed by atoms with E-state index in [0.717, 1.165) is 24.0 Å². The van der Waals surface area contributed by atoms with Crippen LogP contribution in [-0.2, 0) is 22.1 Å². The highest BCUT2D eigenvalue weighted by Crippen LogP contribution is 2.36. The number of carboxylic acids is 1. The van der Waals surface area contributed by atoms with Gasteiger partial charge in [-0.05, 0) is 59.3 Å². The number of hydrogen-bond acceptors (Lipinski definition) is 2. The van der Waals surface area contributed by atoms with Crippen LogP contribution in [0.4, 0.5) is 0 Å². The highest BCUT2D eigenvalue weighted by atomic mass is 28.4. The Morgan fingerprint density at radius 2 is 1.39 bits per heavy atom. The minimum atomic E-state index is -1.58. The third kappa shape index (κ3) is 8.78. The molecule has 4 heteroatoms. The number of carboxylic acid groups (broad SMARTS) is 1. The molecule has 0 bridgehead atoms. The molecule has 2 aromatic carbocycles. The van der Waals surface area contributed by atoms with Crippen molar-refractivity contribution in [2.24, 2.45) is 0 Å². The second-order valence-electron chi connectivity index (χ2n) is 10.4. The van der Waals surface area contributed by atoms with Crippen LogP contribution < -0.4 is 0 Å². The van der Waals surface area contributed by atoms with Gasteiger partial charge in [-0.3, -0.25) is 4.79 Å². The van der Waals surface area contributed by atoms with E-state index in [0.29, 0.717) is 5.04 Å². The van der Waals surface area contributed by atoms with Crippen molar-refractivity contribution in [3.8, 4) is 0 Å². The molecule has 3 nitrogen and oxygen atoms in total. The quantitative estimate of drug-likeness (QED) is 0.255. The molecule has 0 heterocycles. The Morgan fingerprint density at radius 3 is 2.00 bits per heavy atom. The smallest absolute Gasteiger partial charge is 0.307 e. The Morgan fingerprint density at radius 1 is 0.839 bits per heavy atom. The molecule has 0 aliphatic carbocycles. The van der Waals surface area contributed by atoms with Gasteiger partial charge in [0.1, 0.15) is 0 Å². The van der Waals surface area contributed by atoms with Gasteiger partial charge in [-0.25, -0.2) is 0 Å². The lowest BCUT2D eigenvalue weighted by molar-refractivity contribution is -0.136. The summed E-state index contributed by atoms with van der Waals surface area (Å²) >= 11 is 0. The normalized spacial score (nSPS) is 12.4. The van der Waals surface area contributed by atoms with Crippen LogP contribution >= 0.6 is 0 Å². The summed E-state index contributed by atoms with van der Waals surface area (Å²) in [4.78, 5) is 10.9. The van der Waals surface area contributed by atoms with Gasteiger partial charge in [-0.15, -0.1) is 0 Å². The number of carbonyl (C=O) groups is 1. The summed E-state index contributed by atoms with van der Waals surface area (Å²) in [6.07, 6.45) is 10.1. The molecule has 0 amide bonds. The average Bonchev–Trinajstić information content (AvgIpc) is 2.67. The Hall–Kier alpha value is -1.65. The molecule has 0 spiro atoms. The first kappa shape index (κ1) is 25.6. The summed E-state index contributed by atoms with van der Waals surface area (Å²) in [7, 11) is -1.58. The molecule has 2 aromatic rings. The van der Waals surface area contributed by atoms with Gasteiger partial charge < -0.3 is 9.53 Å². The molecule has 0 unspecified atom stereocenters. The van der Waals surface area contributed by atoms with Crippen LogP contribution in [0.3, 0.4) is 0 Å². The predicted octanol–water partition coefficient (Wildman–Crippen LogP) is 7.76. The fourth-order valence-electron chi connectivity index (χ4n) is 3.64. The second kappa shape index (κ2) is 11.8. The third-order valence-electron chi connectivity index (χ3n) is 6.70. The van der Waals surface area contributed by atoms with E-state index in [1.54, 1.807) is 0 Å². The maximum absolute atomic E-state index is 10.9. The van der Waals surface area contributed by atoms with E-state index in [1.807, 2.05) is 18.2 Å². The van der Waals surface area contributed by atoms with Crippen molar-refractivity contribution in [3.63, 3.8) is 0 Å². The maximum atomic E-state index is 10.9. The van der Waals surface area contributed by atoms with Gasteiger partial charge >= 0.3 is 5.97 Å². The Bertz CT molecular complexity index is 836. The lowest BCUT2D eigenvalue weighted by Gasteiger charge is -2.36. The Kier molecular flexibility index (Phi) is 9.76. The third-order valence-corrected chi connectivity index (χ3v) is 11.2. The number of aryl methyl sites for hydroxylation is 1. The van der Waals surface area contributed by atoms with Gasteiger partial charge in [-0.1, -0.05) is 89.3 Å². The molecule has 172 valence electrons. The molecule has 31 heavy (non-hydrogen) atoms.